The second-order valence-corrected chi connectivity index (χ2v) is 5.58. The molecule has 19 heavy (non-hydrogen) atoms. The van der Waals surface area contributed by atoms with Gasteiger partial charge in [0.1, 0.15) is 0 Å². The highest BCUT2D eigenvalue weighted by Gasteiger charge is 2.45. The molecule has 0 spiro atoms. The van der Waals surface area contributed by atoms with Crippen molar-refractivity contribution in [2.24, 2.45) is 5.92 Å². The normalized spacial score (nSPS) is 24.3. The summed E-state index contributed by atoms with van der Waals surface area (Å²) in [6, 6.07) is 4.67. The van der Waals surface area contributed by atoms with Crippen LogP contribution in [0.15, 0.2) is 18.2 Å². The average Bonchev–Trinajstić information content (AvgIpc) is 2.32. The molecule has 1 aliphatic carbocycles. The number of anilines is 1. The van der Waals surface area contributed by atoms with Gasteiger partial charge in [-0.05, 0) is 43.5 Å². The third kappa shape index (κ3) is 3.56. The summed E-state index contributed by atoms with van der Waals surface area (Å²) in [7, 11) is 0. The summed E-state index contributed by atoms with van der Waals surface area (Å²) >= 11 is 5.85. The second kappa shape index (κ2) is 5.61. The van der Waals surface area contributed by atoms with E-state index in [1.54, 1.807) is 18.2 Å². The first kappa shape index (κ1) is 14.5. The Kier molecular flexibility index (Phi) is 4.29. The van der Waals surface area contributed by atoms with Gasteiger partial charge in [-0.15, -0.1) is 0 Å². The molecule has 1 saturated carbocycles. The number of halogens is 4. The van der Waals surface area contributed by atoms with Crippen molar-refractivity contribution >= 4 is 17.3 Å². The Morgan fingerprint density at radius 3 is 2.53 bits per heavy atom. The average molecular weight is 292 g/mol. The molecule has 0 bridgehead atoms. The summed E-state index contributed by atoms with van der Waals surface area (Å²) in [5.41, 5.74) is 1.62. The third-order valence-corrected chi connectivity index (χ3v) is 3.95. The Balaban J connectivity index is 2.15. The molecule has 2 unspecified atom stereocenters. The largest absolute Gasteiger partial charge is 0.393 e. The van der Waals surface area contributed by atoms with Gasteiger partial charge in [-0.25, -0.2) is 0 Å². The fourth-order valence-electron chi connectivity index (χ4n) is 2.68. The van der Waals surface area contributed by atoms with E-state index in [4.69, 9.17) is 11.6 Å². The van der Waals surface area contributed by atoms with Crippen molar-refractivity contribution in [2.45, 2.75) is 44.8 Å². The predicted molar refractivity (Wildman–Crippen MR) is 71.6 cm³/mol. The lowest BCUT2D eigenvalue weighted by Crippen LogP contribution is -2.41. The molecule has 1 aliphatic rings. The summed E-state index contributed by atoms with van der Waals surface area (Å²) < 4.78 is 39.0. The van der Waals surface area contributed by atoms with Crippen molar-refractivity contribution in [1.29, 1.82) is 0 Å². The molecule has 0 amide bonds. The van der Waals surface area contributed by atoms with E-state index in [0.717, 1.165) is 17.7 Å². The first-order valence-electron chi connectivity index (χ1n) is 6.47. The van der Waals surface area contributed by atoms with Gasteiger partial charge in [0.25, 0.3) is 0 Å². The third-order valence-electron chi connectivity index (χ3n) is 3.72. The minimum Gasteiger partial charge on any atom is -0.381 e. The predicted octanol–water partition coefficient (Wildman–Crippen LogP) is 5.18. The summed E-state index contributed by atoms with van der Waals surface area (Å²) in [5.74, 6) is -1.25. The Labute approximate surface area is 116 Å². The molecule has 2 atom stereocenters. The first-order valence-corrected chi connectivity index (χ1v) is 6.85. The lowest BCUT2D eigenvalue weighted by Gasteiger charge is -2.34. The maximum absolute atomic E-state index is 13.0. The van der Waals surface area contributed by atoms with Crippen molar-refractivity contribution in [3.05, 3.63) is 28.8 Å². The van der Waals surface area contributed by atoms with Gasteiger partial charge in [-0.2, -0.15) is 13.2 Å². The van der Waals surface area contributed by atoms with Crippen molar-refractivity contribution < 1.29 is 13.2 Å². The van der Waals surface area contributed by atoms with Gasteiger partial charge in [0.05, 0.1) is 5.92 Å². The molecule has 0 radical (unpaired) electrons. The maximum Gasteiger partial charge on any atom is 0.393 e. The fourth-order valence-corrected chi connectivity index (χ4v) is 2.91. The van der Waals surface area contributed by atoms with Gasteiger partial charge in [-0.3, -0.25) is 0 Å². The number of nitrogens with one attached hydrogen (secondary N) is 1. The molecule has 1 aromatic rings. The van der Waals surface area contributed by atoms with Gasteiger partial charge >= 0.3 is 6.18 Å². The van der Waals surface area contributed by atoms with Crippen molar-refractivity contribution in [2.75, 3.05) is 5.32 Å². The van der Waals surface area contributed by atoms with Crippen LogP contribution < -0.4 is 5.32 Å². The van der Waals surface area contributed by atoms with Crippen LogP contribution >= 0.6 is 11.6 Å². The minimum absolute atomic E-state index is 0.216. The van der Waals surface area contributed by atoms with E-state index in [1.165, 1.54) is 0 Å². The number of benzene rings is 1. The molecule has 0 saturated heterocycles. The SMILES string of the molecule is Cc1cc(Cl)ccc1NC1CCCCC1C(F)(F)F. The van der Waals surface area contributed by atoms with Crippen molar-refractivity contribution in [3.8, 4) is 0 Å². The minimum atomic E-state index is -4.13. The monoisotopic (exact) mass is 291 g/mol. The highest BCUT2D eigenvalue weighted by atomic mass is 35.5. The second-order valence-electron chi connectivity index (χ2n) is 5.14. The number of hydrogen-bond donors (Lipinski definition) is 1. The topological polar surface area (TPSA) is 12.0 Å². The van der Waals surface area contributed by atoms with Crippen LogP contribution in [0.3, 0.4) is 0 Å². The number of alkyl halides is 3. The Hall–Kier alpha value is -0.900. The molecule has 1 N–H and O–H groups in total. The Morgan fingerprint density at radius 1 is 1.21 bits per heavy atom. The number of hydrogen-bond acceptors (Lipinski definition) is 1. The molecule has 0 aliphatic heterocycles. The van der Waals surface area contributed by atoms with Gasteiger partial charge < -0.3 is 5.32 Å². The lowest BCUT2D eigenvalue weighted by atomic mass is 9.83. The molecule has 0 heterocycles. The molecular weight excluding hydrogens is 275 g/mol. The van der Waals surface area contributed by atoms with Crippen LogP contribution in [-0.4, -0.2) is 12.2 Å². The van der Waals surface area contributed by atoms with E-state index in [-0.39, 0.29) is 6.42 Å². The molecule has 106 valence electrons. The summed E-state index contributed by atoms with van der Waals surface area (Å²) in [5, 5.41) is 3.65. The summed E-state index contributed by atoms with van der Waals surface area (Å²) in [6.45, 7) is 1.85. The Bertz CT molecular complexity index is 445. The van der Waals surface area contributed by atoms with Crippen LogP contribution in [0.5, 0.6) is 0 Å². The maximum atomic E-state index is 13.0. The molecule has 2 rings (SSSR count). The van der Waals surface area contributed by atoms with Crippen LogP contribution in [0, 0.1) is 12.8 Å². The van der Waals surface area contributed by atoms with Crippen LogP contribution in [0.25, 0.3) is 0 Å². The quantitative estimate of drug-likeness (QED) is 0.791. The van der Waals surface area contributed by atoms with E-state index in [2.05, 4.69) is 5.32 Å². The van der Waals surface area contributed by atoms with Crippen LogP contribution in [0.2, 0.25) is 5.02 Å². The smallest absolute Gasteiger partial charge is 0.381 e. The van der Waals surface area contributed by atoms with Gasteiger partial charge in [0.2, 0.25) is 0 Å². The van der Waals surface area contributed by atoms with Crippen molar-refractivity contribution in [3.63, 3.8) is 0 Å². The molecule has 1 fully saturated rings. The van der Waals surface area contributed by atoms with E-state index in [0.29, 0.717) is 17.9 Å². The zero-order valence-electron chi connectivity index (χ0n) is 10.7. The van der Waals surface area contributed by atoms with E-state index in [9.17, 15) is 13.2 Å². The van der Waals surface area contributed by atoms with E-state index >= 15 is 0 Å². The summed E-state index contributed by atoms with van der Waals surface area (Å²) in [4.78, 5) is 0. The highest BCUT2D eigenvalue weighted by Crippen LogP contribution is 2.39. The molecule has 5 heteroatoms. The lowest BCUT2D eigenvalue weighted by molar-refractivity contribution is -0.184. The summed E-state index contributed by atoms with van der Waals surface area (Å²) in [6.07, 6.45) is -1.85. The molecule has 1 aromatic carbocycles. The highest BCUT2D eigenvalue weighted by molar-refractivity contribution is 6.30. The van der Waals surface area contributed by atoms with Crippen molar-refractivity contribution in [1.82, 2.24) is 0 Å². The number of rotatable bonds is 2. The van der Waals surface area contributed by atoms with E-state index in [1.807, 2.05) is 6.92 Å². The Morgan fingerprint density at radius 2 is 1.89 bits per heavy atom. The van der Waals surface area contributed by atoms with Crippen LogP contribution in [-0.2, 0) is 0 Å². The zero-order valence-corrected chi connectivity index (χ0v) is 11.5. The molecular formula is C14H17ClF3N. The van der Waals surface area contributed by atoms with Crippen LogP contribution in [0.4, 0.5) is 18.9 Å². The zero-order chi connectivity index (χ0) is 14.0. The van der Waals surface area contributed by atoms with Gasteiger partial charge in [-0.1, -0.05) is 24.4 Å². The first-order chi connectivity index (χ1) is 8.88. The fraction of sp³-hybridized carbons (Fsp3) is 0.571. The van der Waals surface area contributed by atoms with Crippen LogP contribution in [0.1, 0.15) is 31.2 Å². The van der Waals surface area contributed by atoms with Gasteiger partial charge in [0.15, 0.2) is 0 Å². The molecule has 1 nitrogen and oxygen atoms in total. The number of aryl methyl sites for hydroxylation is 1. The molecule has 0 aromatic heterocycles. The van der Waals surface area contributed by atoms with Gasteiger partial charge in [0, 0.05) is 16.8 Å². The standard InChI is InChI=1S/C14H17ClF3N/c1-9-8-10(15)6-7-12(9)19-13-5-3-2-4-11(13)14(16,17)18/h6-8,11,13,19H,2-5H2,1H3. The van der Waals surface area contributed by atoms with E-state index < -0.39 is 18.1 Å².